The van der Waals surface area contributed by atoms with Crippen LogP contribution in [-0.4, -0.2) is 48.2 Å². The van der Waals surface area contributed by atoms with Crippen LogP contribution in [0.4, 0.5) is 0 Å². The van der Waals surface area contributed by atoms with E-state index in [2.05, 4.69) is 81.5 Å². The Labute approximate surface area is 144 Å². The van der Waals surface area contributed by atoms with Crippen LogP contribution in [0, 0.1) is 0 Å². The zero-order chi connectivity index (χ0) is 18.5. The standard InChI is InChI=1S/C19H41NO3/c1-15(2)20-19(12-21-16(3,4)5,13-22-17(6,7)8)14-23-18(9,10)11/h15,20H,12-14H2,1-11H3. The molecule has 0 amide bonds. The number of nitrogens with one attached hydrogen (secondary N) is 1. The molecule has 0 fully saturated rings. The Morgan fingerprint density at radius 2 is 0.870 bits per heavy atom. The highest BCUT2D eigenvalue weighted by Crippen LogP contribution is 2.21. The molecule has 0 spiro atoms. The quantitative estimate of drug-likeness (QED) is 0.724. The summed E-state index contributed by atoms with van der Waals surface area (Å²) in [7, 11) is 0. The Bertz CT molecular complexity index is 286. The molecule has 0 aliphatic heterocycles. The van der Waals surface area contributed by atoms with Crippen LogP contribution in [-0.2, 0) is 14.2 Å². The summed E-state index contributed by atoms with van der Waals surface area (Å²) in [5.41, 5.74) is -0.976. The van der Waals surface area contributed by atoms with Crippen LogP contribution >= 0.6 is 0 Å². The fourth-order valence-electron chi connectivity index (χ4n) is 1.93. The molecule has 0 saturated carbocycles. The third-order valence-corrected chi connectivity index (χ3v) is 2.94. The average Bonchev–Trinajstić information content (AvgIpc) is 2.27. The second kappa shape index (κ2) is 8.28. The van der Waals surface area contributed by atoms with Crippen LogP contribution in [0.25, 0.3) is 0 Å². The molecule has 0 aliphatic carbocycles. The van der Waals surface area contributed by atoms with E-state index < -0.39 is 0 Å². The molecule has 0 radical (unpaired) electrons. The van der Waals surface area contributed by atoms with Crippen LogP contribution in [0.1, 0.15) is 76.2 Å². The first kappa shape index (κ1) is 22.8. The number of hydrogen-bond acceptors (Lipinski definition) is 4. The van der Waals surface area contributed by atoms with Crippen LogP contribution < -0.4 is 5.32 Å². The van der Waals surface area contributed by atoms with Gasteiger partial charge in [-0.25, -0.2) is 0 Å². The van der Waals surface area contributed by atoms with Crippen LogP contribution in [0.3, 0.4) is 0 Å². The number of hydrogen-bond donors (Lipinski definition) is 1. The van der Waals surface area contributed by atoms with Gasteiger partial charge < -0.3 is 19.5 Å². The lowest BCUT2D eigenvalue weighted by atomic mass is 9.99. The molecule has 0 heterocycles. The van der Waals surface area contributed by atoms with Gasteiger partial charge in [0.1, 0.15) is 0 Å². The second-order valence-corrected chi connectivity index (χ2v) is 9.78. The van der Waals surface area contributed by atoms with Crippen molar-refractivity contribution in [3.63, 3.8) is 0 Å². The minimum atomic E-state index is -0.373. The second-order valence-electron chi connectivity index (χ2n) is 9.78. The Morgan fingerprint density at radius 3 is 1.04 bits per heavy atom. The molecule has 140 valence electrons. The van der Waals surface area contributed by atoms with Crippen LogP contribution in [0.5, 0.6) is 0 Å². The van der Waals surface area contributed by atoms with E-state index in [1.165, 1.54) is 0 Å². The van der Waals surface area contributed by atoms with Crippen molar-refractivity contribution < 1.29 is 14.2 Å². The van der Waals surface area contributed by atoms with Gasteiger partial charge in [-0.3, -0.25) is 0 Å². The Balaban J connectivity index is 5.25. The summed E-state index contributed by atoms with van der Waals surface area (Å²) in [6.45, 7) is 24.6. The Hall–Kier alpha value is -0.160. The highest BCUT2D eigenvalue weighted by atomic mass is 16.5. The van der Waals surface area contributed by atoms with Crippen molar-refractivity contribution in [2.75, 3.05) is 19.8 Å². The smallest absolute Gasteiger partial charge is 0.0892 e. The van der Waals surface area contributed by atoms with E-state index >= 15 is 0 Å². The molecular formula is C19H41NO3. The SMILES string of the molecule is CC(C)NC(COC(C)(C)C)(COC(C)(C)C)COC(C)(C)C. The van der Waals surface area contributed by atoms with E-state index in [9.17, 15) is 0 Å². The first-order valence-corrected chi connectivity index (χ1v) is 8.73. The highest BCUT2D eigenvalue weighted by molar-refractivity contribution is 4.92. The third kappa shape index (κ3) is 12.9. The maximum absolute atomic E-state index is 6.10. The Morgan fingerprint density at radius 1 is 0.609 bits per heavy atom. The summed E-state index contributed by atoms with van der Waals surface area (Å²) in [6, 6.07) is 0.311. The molecule has 0 aromatic rings. The van der Waals surface area contributed by atoms with E-state index in [-0.39, 0.29) is 22.3 Å². The van der Waals surface area contributed by atoms with E-state index in [0.717, 1.165) is 0 Å². The van der Waals surface area contributed by atoms with Gasteiger partial charge >= 0.3 is 0 Å². The number of ether oxygens (including phenoxy) is 3. The first-order chi connectivity index (χ1) is 10.0. The lowest BCUT2D eigenvalue weighted by molar-refractivity contribution is -0.127. The summed E-state index contributed by atoms with van der Waals surface area (Å²) in [4.78, 5) is 0. The summed E-state index contributed by atoms with van der Waals surface area (Å²) < 4.78 is 18.3. The molecule has 0 bridgehead atoms. The fourth-order valence-corrected chi connectivity index (χ4v) is 1.93. The van der Waals surface area contributed by atoms with E-state index in [4.69, 9.17) is 14.2 Å². The highest BCUT2D eigenvalue weighted by Gasteiger charge is 2.36. The molecule has 0 aliphatic rings. The predicted octanol–water partition coefficient (Wildman–Crippen LogP) is 4.17. The van der Waals surface area contributed by atoms with E-state index in [1.54, 1.807) is 0 Å². The van der Waals surface area contributed by atoms with Crippen molar-refractivity contribution in [2.45, 2.75) is 105 Å². The molecule has 0 saturated heterocycles. The van der Waals surface area contributed by atoms with Gasteiger partial charge in [-0.1, -0.05) is 13.8 Å². The summed E-state index contributed by atoms with van der Waals surface area (Å²) in [6.07, 6.45) is 0. The molecule has 0 aromatic carbocycles. The van der Waals surface area contributed by atoms with Gasteiger partial charge in [0.25, 0.3) is 0 Å². The van der Waals surface area contributed by atoms with Crippen LogP contribution in [0.15, 0.2) is 0 Å². The molecule has 4 heteroatoms. The normalized spacial score (nSPS) is 14.6. The predicted molar refractivity (Wildman–Crippen MR) is 98.1 cm³/mol. The van der Waals surface area contributed by atoms with Crippen molar-refractivity contribution in [1.29, 1.82) is 0 Å². The maximum atomic E-state index is 6.10. The van der Waals surface area contributed by atoms with Crippen molar-refractivity contribution >= 4 is 0 Å². The minimum absolute atomic E-state index is 0.201. The van der Waals surface area contributed by atoms with Gasteiger partial charge in [-0.2, -0.15) is 0 Å². The molecule has 0 unspecified atom stereocenters. The summed E-state index contributed by atoms with van der Waals surface area (Å²) in [5, 5.41) is 3.64. The third-order valence-electron chi connectivity index (χ3n) is 2.94. The Kier molecular flexibility index (Phi) is 8.23. The zero-order valence-corrected chi connectivity index (χ0v) is 17.4. The minimum Gasteiger partial charge on any atom is -0.374 e. The topological polar surface area (TPSA) is 39.7 Å². The molecule has 4 nitrogen and oxygen atoms in total. The van der Waals surface area contributed by atoms with E-state index in [0.29, 0.717) is 25.9 Å². The molecule has 0 rings (SSSR count). The fraction of sp³-hybridized carbons (Fsp3) is 1.00. The first-order valence-electron chi connectivity index (χ1n) is 8.73. The summed E-state index contributed by atoms with van der Waals surface area (Å²) in [5.74, 6) is 0. The average molecular weight is 332 g/mol. The molecule has 1 N–H and O–H groups in total. The van der Waals surface area contributed by atoms with Gasteiger partial charge in [-0.15, -0.1) is 0 Å². The lowest BCUT2D eigenvalue weighted by Crippen LogP contribution is -2.60. The van der Waals surface area contributed by atoms with Crippen molar-refractivity contribution in [3.05, 3.63) is 0 Å². The van der Waals surface area contributed by atoms with Gasteiger partial charge in [-0.05, 0) is 62.3 Å². The molecular weight excluding hydrogens is 290 g/mol. The van der Waals surface area contributed by atoms with Crippen LogP contribution in [0.2, 0.25) is 0 Å². The zero-order valence-electron chi connectivity index (χ0n) is 17.4. The lowest BCUT2D eigenvalue weighted by Gasteiger charge is -2.41. The summed E-state index contributed by atoms with van der Waals surface area (Å²) >= 11 is 0. The van der Waals surface area contributed by atoms with Crippen molar-refractivity contribution in [1.82, 2.24) is 5.32 Å². The maximum Gasteiger partial charge on any atom is 0.0892 e. The molecule has 0 aromatic heterocycles. The molecule has 23 heavy (non-hydrogen) atoms. The number of rotatable bonds is 8. The van der Waals surface area contributed by atoms with E-state index in [1.807, 2.05) is 0 Å². The van der Waals surface area contributed by atoms with Gasteiger partial charge in [0.2, 0.25) is 0 Å². The molecule has 0 atom stereocenters. The van der Waals surface area contributed by atoms with Crippen molar-refractivity contribution in [2.24, 2.45) is 0 Å². The largest absolute Gasteiger partial charge is 0.374 e. The van der Waals surface area contributed by atoms with Gasteiger partial charge in [0, 0.05) is 6.04 Å². The monoisotopic (exact) mass is 331 g/mol. The van der Waals surface area contributed by atoms with Gasteiger partial charge in [0.15, 0.2) is 0 Å². The van der Waals surface area contributed by atoms with Gasteiger partial charge in [0.05, 0.1) is 42.2 Å². The van der Waals surface area contributed by atoms with Crippen molar-refractivity contribution in [3.8, 4) is 0 Å².